The number of pyridine rings is 1. The third-order valence-corrected chi connectivity index (χ3v) is 6.83. The van der Waals surface area contributed by atoms with E-state index in [1.54, 1.807) is 24.3 Å². The molecule has 0 bridgehead atoms. The topological polar surface area (TPSA) is 73.1 Å². The number of anilines is 1. The summed E-state index contributed by atoms with van der Waals surface area (Å²) in [6.07, 6.45) is 0.236. The first-order chi connectivity index (χ1) is 14.4. The van der Waals surface area contributed by atoms with Crippen molar-refractivity contribution in [1.29, 1.82) is 0 Å². The predicted molar refractivity (Wildman–Crippen MR) is 126 cm³/mol. The number of fused-ring (bicyclic) bond motifs is 1. The Morgan fingerprint density at radius 2 is 1.67 bits per heavy atom. The molecular weight excluding hydrogens is 460 g/mol. The van der Waals surface area contributed by atoms with Crippen LogP contribution in [-0.4, -0.2) is 16.6 Å². The molecule has 2 heterocycles. The Morgan fingerprint density at radius 1 is 1.00 bits per heavy atom. The third-order valence-electron chi connectivity index (χ3n) is 5.21. The molecule has 4 rings (SSSR count). The van der Waals surface area contributed by atoms with Crippen molar-refractivity contribution in [3.05, 3.63) is 91.9 Å². The van der Waals surface area contributed by atoms with Crippen LogP contribution in [0.2, 0.25) is 0 Å². The van der Waals surface area contributed by atoms with Gasteiger partial charge in [0.1, 0.15) is 9.71 Å². The fourth-order valence-corrected chi connectivity index (χ4v) is 4.99. The second-order valence-corrected chi connectivity index (χ2v) is 9.04. The van der Waals surface area contributed by atoms with Crippen LogP contribution in [0.4, 0.5) is 5.69 Å². The van der Waals surface area contributed by atoms with Gasteiger partial charge in [-0.2, -0.15) is 0 Å². The number of rotatable bonds is 5. The lowest BCUT2D eigenvalue weighted by atomic mass is 9.96. The summed E-state index contributed by atoms with van der Waals surface area (Å²) in [5.41, 5.74) is 10.6. The number of Topliss-reactive ketones (excluding diaryl/α,β-unsaturated/α-hetero) is 1. The van der Waals surface area contributed by atoms with E-state index in [0.717, 1.165) is 31.5 Å². The number of benzene rings is 2. The number of aromatic nitrogens is 1. The highest BCUT2D eigenvalue weighted by molar-refractivity contribution is 9.10. The summed E-state index contributed by atoms with van der Waals surface area (Å²) in [5.74, 6) is -0.0927. The molecular formula is C24H19BrN2O2S. The first-order valence-corrected chi connectivity index (χ1v) is 11.0. The van der Waals surface area contributed by atoms with Crippen LogP contribution >= 0.6 is 27.3 Å². The molecule has 0 saturated carbocycles. The first kappa shape index (κ1) is 20.4. The number of thiophene rings is 1. The van der Waals surface area contributed by atoms with Crippen LogP contribution in [0.3, 0.4) is 0 Å². The zero-order valence-electron chi connectivity index (χ0n) is 16.5. The Hall–Kier alpha value is -2.83. The molecule has 2 N–H and O–H groups in total. The van der Waals surface area contributed by atoms with Crippen molar-refractivity contribution in [2.45, 2.75) is 20.3 Å². The quantitative estimate of drug-likeness (QED) is 0.361. The Kier molecular flexibility index (Phi) is 5.54. The number of nitrogens with two attached hydrogens (primary N) is 1. The summed E-state index contributed by atoms with van der Waals surface area (Å²) in [4.78, 5) is 31.7. The monoisotopic (exact) mass is 478 g/mol. The minimum atomic E-state index is -0.111. The molecule has 0 amide bonds. The maximum atomic E-state index is 13.0. The van der Waals surface area contributed by atoms with Crippen LogP contribution in [0.5, 0.6) is 0 Å². The molecule has 2 aromatic carbocycles. The van der Waals surface area contributed by atoms with Crippen molar-refractivity contribution in [1.82, 2.24) is 4.98 Å². The minimum absolute atomic E-state index is 0.0178. The fraction of sp³-hybridized carbons (Fsp3) is 0.125. The van der Waals surface area contributed by atoms with E-state index in [1.807, 2.05) is 44.2 Å². The summed E-state index contributed by atoms with van der Waals surface area (Å²) in [7, 11) is 0. The average Bonchev–Trinajstić information content (AvgIpc) is 3.07. The van der Waals surface area contributed by atoms with E-state index in [-0.39, 0.29) is 18.0 Å². The van der Waals surface area contributed by atoms with E-state index >= 15 is 0 Å². The zero-order valence-corrected chi connectivity index (χ0v) is 18.9. The van der Waals surface area contributed by atoms with Crippen LogP contribution in [-0.2, 0) is 6.42 Å². The van der Waals surface area contributed by atoms with Gasteiger partial charge in [-0.15, -0.1) is 11.3 Å². The lowest BCUT2D eigenvalue weighted by Gasteiger charge is -2.11. The van der Waals surface area contributed by atoms with Gasteiger partial charge in [0.25, 0.3) is 0 Å². The molecule has 0 atom stereocenters. The van der Waals surface area contributed by atoms with Crippen molar-refractivity contribution < 1.29 is 9.59 Å². The number of ketones is 2. The summed E-state index contributed by atoms with van der Waals surface area (Å²) in [6, 6.07) is 16.4. The van der Waals surface area contributed by atoms with Gasteiger partial charge in [-0.05, 0) is 37.1 Å². The highest BCUT2D eigenvalue weighted by Crippen LogP contribution is 2.38. The summed E-state index contributed by atoms with van der Waals surface area (Å²) in [6.45, 7) is 3.84. The lowest BCUT2D eigenvalue weighted by Crippen LogP contribution is -2.08. The Morgan fingerprint density at radius 3 is 2.33 bits per heavy atom. The molecule has 0 spiro atoms. The van der Waals surface area contributed by atoms with Crippen LogP contribution in [0.15, 0.2) is 59.1 Å². The maximum absolute atomic E-state index is 13.0. The van der Waals surface area contributed by atoms with E-state index in [2.05, 4.69) is 20.9 Å². The Labute approximate surface area is 186 Å². The fourth-order valence-electron chi connectivity index (χ4n) is 3.56. The number of carbonyl (C=O) groups is 2. The highest BCUT2D eigenvalue weighted by atomic mass is 79.9. The average molecular weight is 479 g/mol. The Bertz CT molecular complexity index is 1280. The molecule has 0 unspecified atom stereocenters. The van der Waals surface area contributed by atoms with Crippen LogP contribution < -0.4 is 5.73 Å². The van der Waals surface area contributed by atoms with Crippen LogP contribution in [0.25, 0.3) is 10.2 Å². The van der Waals surface area contributed by atoms with Crippen molar-refractivity contribution in [3.8, 4) is 0 Å². The normalized spacial score (nSPS) is 11.0. The first-order valence-electron chi connectivity index (χ1n) is 9.43. The standard InChI is InChI=1S/C24H19BrN2O2S/c1-13-18(12-19(28)15-8-10-17(25)11-9-15)14(2)27-24-20(13)21(26)23(30-24)22(29)16-6-4-3-5-7-16/h3-11H,12,26H2,1-2H3. The van der Waals surface area contributed by atoms with Gasteiger partial charge >= 0.3 is 0 Å². The number of nitrogen functional groups attached to an aromatic ring is 1. The molecule has 0 aliphatic heterocycles. The van der Waals surface area contributed by atoms with Gasteiger partial charge in [-0.25, -0.2) is 4.98 Å². The molecule has 4 aromatic rings. The van der Waals surface area contributed by atoms with Gasteiger partial charge in [-0.3, -0.25) is 9.59 Å². The van der Waals surface area contributed by atoms with E-state index in [1.165, 1.54) is 11.3 Å². The predicted octanol–water partition coefficient (Wildman–Crippen LogP) is 5.91. The summed E-state index contributed by atoms with van der Waals surface area (Å²) >= 11 is 4.69. The highest BCUT2D eigenvalue weighted by Gasteiger charge is 2.23. The van der Waals surface area contributed by atoms with Crippen molar-refractivity contribution in [2.75, 3.05) is 5.73 Å². The van der Waals surface area contributed by atoms with E-state index in [0.29, 0.717) is 21.7 Å². The van der Waals surface area contributed by atoms with Crippen LogP contribution in [0.1, 0.15) is 42.4 Å². The molecule has 2 aromatic heterocycles. The largest absolute Gasteiger partial charge is 0.397 e. The molecule has 30 heavy (non-hydrogen) atoms. The Balaban J connectivity index is 1.76. The summed E-state index contributed by atoms with van der Waals surface area (Å²) < 4.78 is 0.927. The van der Waals surface area contributed by atoms with Crippen molar-refractivity contribution >= 4 is 54.7 Å². The van der Waals surface area contributed by atoms with Gasteiger partial charge in [0.05, 0.1) is 5.69 Å². The third kappa shape index (κ3) is 3.68. The van der Waals surface area contributed by atoms with Gasteiger partial charge in [0.2, 0.25) is 5.78 Å². The van der Waals surface area contributed by atoms with Gasteiger partial charge in [-0.1, -0.05) is 58.4 Å². The number of hydrogen-bond donors (Lipinski definition) is 1. The lowest BCUT2D eigenvalue weighted by molar-refractivity contribution is 0.0991. The second-order valence-electron chi connectivity index (χ2n) is 7.13. The van der Waals surface area contributed by atoms with E-state index < -0.39 is 0 Å². The maximum Gasteiger partial charge on any atom is 0.205 e. The molecule has 150 valence electrons. The minimum Gasteiger partial charge on any atom is -0.397 e. The molecule has 0 aliphatic carbocycles. The van der Waals surface area contributed by atoms with E-state index in [9.17, 15) is 9.59 Å². The zero-order chi connectivity index (χ0) is 21.4. The van der Waals surface area contributed by atoms with Crippen molar-refractivity contribution in [2.24, 2.45) is 0 Å². The second kappa shape index (κ2) is 8.13. The number of aryl methyl sites for hydroxylation is 2. The molecule has 0 saturated heterocycles. The molecule has 0 aliphatic rings. The summed E-state index contributed by atoms with van der Waals surface area (Å²) in [5, 5.41) is 0.767. The van der Waals surface area contributed by atoms with Crippen LogP contribution in [0, 0.1) is 13.8 Å². The van der Waals surface area contributed by atoms with Gasteiger partial charge < -0.3 is 5.73 Å². The number of carbonyl (C=O) groups excluding carboxylic acids is 2. The molecule has 0 fully saturated rings. The SMILES string of the molecule is Cc1nc2sc(C(=O)c3ccccc3)c(N)c2c(C)c1CC(=O)c1ccc(Br)cc1. The van der Waals surface area contributed by atoms with Crippen molar-refractivity contribution in [3.63, 3.8) is 0 Å². The van der Waals surface area contributed by atoms with Gasteiger partial charge in [0.15, 0.2) is 5.78 Å². The molecule has 6 heteroatoms. The molecule has 4 nitrogen and oxygen atoms in total. The number of nitrogens with zero attached hydrogens (tertiary/aromatic N) is 1. The number of halogens is 1. The number of hydrogen-bond acceptors (Lipinski definition) is 5. The molecule has 0 radical (unpaired) electrons. The van der Waals surface area contributed by atoms with E-state index in [4.69, 9.17) is 5.73 Å². The smallest absolute Gasteiger partial charge is 0.205 e. The van der Waals surface area contributed by atoms with Gasteiger partial charge in [0, 0.05) is 33.1 Å².